The molecule has 1 aliphatic rings. The smallest absolute Gasteiger partial charge is 0.142 e. The van der Waals surface area contributed by atoms with E-state index in [4.69, 9.17) is 9.47 Å². The molecule has 0 bridgehead atoms. The fourth-order valence-electron chi connectivity index (χ4n) is 1.66. The Kier molecular flexibility index (Phi) is 2.44. The minimum atomic E-state index is 0.812. The molecule has 0 amide bonds. The van der Waals surface area contributed by atoms with Gasteiger partial charge in [0.25, 0.3) is 0 Å². The average molecular weight is 189 g/mol. The van der Waals surface area contributed by atoms with Gasteiger partial charge >= 0.3 is 0 Å². The number of fused-ring (bicyclic) bond motifs is 1. The number of hydrogen-bond acceptors (Lipinski definition) is 2. The SMILES string of the molecule is COC1=C(OC)Cc2ccccc2[CH]1. The minimum absolute atomic E-state index is 0.812. The van der Waals surface area contributed by atoms with Crippen molar-refractivity contribution >= 4 is 0 Å². The van der Waals surface area contributed by atoms with Crippen LogP contribution in [0, 0.1) is 6.42 Å². The summed E-state index contributed by atoms with van der Waals surface area (Å²) in [7, 11) is 3.34. The highest BCUT2D eigenvalue weighted by molar-refractivity contribution is 5.45. The summed E-state index contributed by atoms with van der Waals surface area (Å²) in [5, 5.41) is 0. The third-order valence-electron chi connectivity index (χ3n) is 2.43. The van der Waals surface area contributed by atoms with Gasteiger partial charge in [0.1, 0.15) is 11.5 Å². The number of methoxy groups -OCH3 is 2. The predicted molar refractivity (Wildman–Crippen MR) is 54.6 cm³/mol. The van der Waals surface area contributed by atoms with Gasteiger partial charge in [-0.05, 0) is 11.1 Å². The van der Waals surface area contributed by atoms with E-state index in [1.807, 2.05) is 18.6 Å². The molecule has 2 rings (SSSR count). The van der Waals surface area contributed by atoms with Gasteiger partial charge < -0.3 is 9.47 Å². The molecule has 14 heavy (non-hydrogen) atoms. The standard InChI is InChI=1S/C12H13O2/c1-13-11-7-9-5-3-4-6-10(9)8-12(11)14-2/h3-7H,8H2,1-2H3. The largest absolute Gasteiger partial charge is 0.497 e. The van der Waals surface area contributed by atoms with E-state index in [-0.39, 0.29) is 0 Å². The first-order valence-corrected chi connectivity index (χ1v) is 4.59. The van der Waals surface area contributed by atoms with E-state index in [2.05, 4.69) is 12.1 Å². The van der Waals surface area contributed by atoms with Crippen molar-refractivity contribution in [3.8, 4) is 0 Å². The lowest BCUT2D eigenvalue weighted by atomic mass is 9.94. The van der Waals surface area contributed by atoms with Crippen molar-refractivity contribution in [3.63, 3.8) is 0 Å². The summed E-state index contributed by atoms with van der Waals surface area (Å²) in [5.41, 5.74) is 2.50. The fourth-order valence-corrected chi connectivity index (χ4v) is 1.66. The fraction of sp³-hybridized carbons (Fsp3) is 0.250. The molecule has 2 nitrogen and oxygen atoms in total. The molecule has 0 fully saturated rings. The van der Waals surface area contributed by atoms with E-state index in [9.17, 15) is 0 Å². The summed E-state index contributed by atoms with van der Waals surface area (Å²) >= 11 is 0. The Morgan fingerprint density at radius 1 is 1.07 bits per heavy atom. The van der Waals surface area contributed by atoms with Crippen LogP contribution >= 0.6 is 0 Å². The lowest BCUT2D eigenvalue weighted by Crippen LogP contribution is -2.09. The Morgan fingerprint density at radius 2 is 1.86 bits per heavy atom. The van der Waals surface area contributed by atoms with E-state index < -0.39 is 0 Å². The van der Waals surface area contributed by atoms with E-state index >= 15 is 0 Å². The Hall–Kier alpha value is -1.44. The third-order valence-corrected chi connectivity index (χ3v) is 2.43. The summed E-state index contributed by atoms with van der Waals surface area (Å²) in [5.74, 6) is 1.72. The van der Waals surface area contributed by atoms with Crippen molar-refractivity contribution in [2.75, 3.05) is 14.2 Å². The lowest BCUT2D eigenvalue weighted by molar-refractivity contribution is 0.219. The minimum Gasteiger partial charge on any atom is -0.497 e. The van der Waals surface area contributed by atoms with Crippen LogP contribution in [-0.2, 0) is 15.9 Å². The van der Waals surface area contributed by atoms with Gasteiger partial charge in [-0.15, -0.1) is 0 Å². The monoisotopic (exact) mass is 189 g/mol. The van der Waals surface area contributed by atoms with Crippen molar-refractivity contribution < 1.29 is 9.47 Å². The second-order valence-electron chi connectivity index (χ2n) is 3.22. The molecule has 0 aliphatic heterocycles. The molecule has 0 N–H and O–H groups in total. The number of rotatable bonds is 2. The van der Waals surface area contributed by atoms with Gasteiger partial charge in [-0.25, -0.2) is 0 Å². The molecular weight excluding hydrogens is 176 g/mol. The van der Waals surface area contributed by atoms with Gasteiger partial charge in [-0.2, -0.15) is 0 Å². The molecule has 1 aromatic carbocycles. The highest BCUT2D eigenvalue weighted by Crippen LogP contribution is 2.27. The summed E-state index contributed by atoms with van der Waals surface area (Å²) < 4.78 is 10.5. The summed E-state index contributed by atoms with van der Waals surface area (Å²) in [4.78, 5) is 0. The van der Waals surface area contributed by atoms with Crippen LogP contribution in [0.5, 0.6) is 0 Å². The van der Waals surface area contributed by atoms with Crippen LogP contribution in [0.2, 0.25) is 0 Å². The van der Waals surface area contributed by atoms with Crippen LogP contribution in [0.3, 0.4) is 0 Å². The summed E-state index contributed by atoms with van der Waals surface area (Å²) in [6.45, 7) is 0. The molecular formula is C12H13O2. The van der Waals surface area contributed by atoms with E-state index in [0.29, 0.717) is 0 Å². The predicted octanol–water partition coefficient (Wildman–Crippen LogP) is 2.30. The van der Waals surface area contributed by atoms with Crippen molar-refractivity contribution in [1.82, 2.24) is 0 Å². The van der Waals surface area contributed by atoms with E-state index in [1.54, 1.807) is 14.2 Å². The van der Waals surface area contributed by atoms with Crippen molar-refractivity contribution in [2.45, 2.75) is 6.42 Å². The van der Waals surface area contributed by atoms with Gasteiger partial charge in [0.2, 0.25) is 0 Å². The number of allylic oxidation sites excluding steroid dienone is 2. The highest BCUT2D eigenvalue weighted by atomic mass is 16.5. The van der Waals surface area contributed by atoms with Gasteiger partial charge in [-0.1, -0.05) is 24.3 Å². The summed E-state index contributed by atoms with van der Waals surface area (Å²) in [6, 6.07) is 8.26. The quantitative estimate of drug-likeness (QED) is 0.710. The van der Waals surface area contributed by atoms with E-state index in [0.717, 1.165) is 17.9 Å². The molecule has 1 aliphatic carbocycles. The zero-order valence-corrected chi connectivity index (χ0v) is 8.41. The molecule has 1 aromatic rings. The first-order chi connectivity index (χ1) is 6.85. The van der Waals surface area contributed by atoms with Crippen LogP contribution in [-0.4, -0.2) is 14.2 Å². The van der Waals surface area contributed by atoms with Gasteiger partial charge in [0.05, 0.1) is 20.6 Å². The Morgan fingerprint density at radius 3 is 2.57 bits per heavy atom. The zero-order chi connectivity index (χ0) is 9.97. The number of ether oxygens (including phenoxy) is 2. The topological polar surface area (TPSA) is 18.5 Å². The van der Waals surface area contributed by atoms with Crippen LogP contribution in [0.4, 0.5) is 0 Å². The number of benzene rings is 1. The molecule has 0 atom stereocenters. The van der Waals surface area contributed by atoms with Crippen LogP contribution in [0.1, 0.15) is 11.1 Å². The number of hydrogen-bond donors (Lipinski definition) is 0. The molecule has 1 radical (unpaired) electrons. The van der Waals surface area contributed by atoms with Crippen LogP contribution in [0.15, 0.2) is 35.8 Å². The molecule has 73 valence electrons. The Labute approximate surface area is 84.2 Å². The molecule has 0 heterocycles. The maximum Gasteiger partial charge on any atom is 0.142 e. The maximum absolute atomic E-state index is 5.27. The first kappa shape index (κ1) is 9.13. The lowest BCUT2D eigenvalue weighted by Gasteiger charge is -2.20. The first-order valence-electron chi connectivity index (χ1n) is 4.59. The van der Waals surface area contributed by atoms with Gasteiger partial charge in [-0.3, -0.25) is 0 Å². The second-order valence-corrected chi connectivity index (χ2v) is 3.22. The van der Waals surface area contributed by atoms with Crippen molar-refractivity contribution in [3.05, 3.63) is 53.3 Å². The molecule has 0 spiro atoms. The maximum atomic E-state index is 5.27. The van der Waals surface area contributed by atoms with Crippen LogP contribution < -0.4 is 0 Å². The second kappa shape index (κ2) is 3.74. The third kappa shape index (κ3) is 1.48. The Balaban J connectivity index is 2.35. The highest BCUT2D eigenvalue weighted by Gasteiger charge is 2.18. The molecule has 0 unspecified atom stereocenters. The molecule has 2 heteroatoms. The summed E-state index contributed by atoms with van der Waals surface area (Å²) in [6.07, 6.45) is 2.82. The molecule has 0 saturated carbocycles. The van der Waals surface area contributed by atoms with Crippen LogP contribution in [0.25, 0.3) is 0 Å². The van der Waals surface area contributed by atoms with Crippen molar-refractivity contribution in [2.24, 2.45) is 0 Å². The normalized spacial score (nSPS) is 15.0. The molecule has 0 saturated heterocycles. The Bertz CT molecular complexity index is 331. The average Bonchev–Trinajstić information content (AvgIpc) is 2.27. The zero-order valence-electron chi connectivity index (χ0n) is 8.41. The van der Waals surface area contributed by atoms with Crippen molar-refractivity contribution in [1.29, 1.82) is 0 Å². The van der Waals surface area contributed by atoms with E-state index in [1.165, 1.54) is 11.1 Å². The van der Waals surface area contributed by atoms with Gasteiger partial charge in [0.15, 0.2) is 0 Å². The van der Waals surface area contributed by atoms with Gasteiger partial charge in [0, 0.05) is 6.42 Å². The molecule has 0 aromatic heterocycles.